The molecule has 1 aromatic carbocycles. The third kappa shape index (κ3) is 2.58. The Morgan fingerprint density at radius 1 is 1.38 bits per heavy atom. The zero-order chi connectivity index (χ0) is 14.9. The van der Waals surface area contributed by atoms with Gasteiger partial charge >= 0.3 is 0 Å². The summed E-state index contributed by atoms with van der Waals surface area (Å²) in [4.78, 5) is 4.47. The molecule has 112 valence electrons. The van der Waals surface area contributed by atoms with Crippen LogP contribution in [0.15, 0.2) is 22.7 Å². The first-order chi connectivity index (χ1) is 10.1. The lowest BCUT2D eigenvalue weighted by Gasteiger charge is -2.20. The van der Waals surface area contributed by atoms with Gasteiger partial charge in [0.05, 0.1) is 11.3 Å². The van der Waals surface area contributed by atoms with E-state index in [0.717, 1.165) is 23.5 Å². The number of nitrogens with zero attached hydrogens (tertiary/aromatic N) is 2. The van der Waals surface area contributed by atoms with E-state index in [1.807, 2.05) is 39.0 Å². The second kappa shape index (κ2) is 5.37. The van der Waals surface area contributed by atoms with Crippen LogP contribution in [0.1, 0.15) is 26.6 Å². The Labute approximate surface area is 123 Å². The summed E-state index contributed by atoms with van der Waals surface area (Å²) < 4.78 is 16.8. The third-order valence-electron chi connectivity index (χ3n) is 3.38. The van der Waals surface area contributed by atoms with E-state index in [2.05, 4.69) is 15.5 Å². The van der Waals surface area contributed by atoms with Crippen LogP contribution in [0.5, 0.6) is 5.75 Å². The quantitative estimate of drug-likeness (QED) is 0.933. The van der Waals surface area contributed by atoms with E-state index in [1.165, 1.54) is 0 Å². The first kappa shape index (κ1) is 13.9. The SMILES string of the molecule is CCOC(C)(C)c1noc(-c2cccc3c2OCCN3)n1. The Balaban J connectivity index is 1.97. The van der Waals surface area contributed by atoms with Crippen LogP contribution in [0, 0.1) is 0 Å². The maximum absolute atomic E-state index is 5.73. The Bertz CT molecular complexity index is 637. The van der Waals surface area contributed by atoms with Crippen LogP contribution in [0.3, 0.4) is 0 Å². The van der Waals surface area contributed by atoms with Gasteiger partial charge in [-0.25, -0.2) is 0 Å². The highest BCUT2D eigenvalue weighted by Crippen LogP contribution is 2.38. The highest BCUT2D eigenvalue weighted by Gasteiger charge is 2.28. The Hall–Kier alpha value is -2.08. The second-order valence-electron chi connectivity index (χ2n) is 5.32. The predicted octanol–water partition coefficient (Wildman–Crippen LogP) is 2.81. The average molecular weight is 289 g/mol. The van der Waals surface area contributed by atoms with Crippen LogP contribution < -0.4 is 10.1 Å². The Morgan fingerprint density at radius 3 is 3.05 bits per heavy atom. The van der Waals surface area contributed by atoms with Gasteiger partial charge in [-0.05, 0) is 32.9 Å². The molecule has 3 rings (SSSR count). The molecule has 0 aliphatic carbocycles. The molecule has 1 aromatic heterocycles. The number of nitrogens with one attached hydrogen (secondary N) is 1. The Morgan fingerprint density at radius 2 is 2.24 bits per heavy atom. The summed E-state index contributed by atoms with van der Waals surface area (Å²) in [5, 5.41) is 7.34. The fourth-order valence-corrected chi connectivity index (χ4v) is 2.34. The molecule has 1 aliphatic rings. The van der Waals surface area contributed by atoms with E-state index in [-0.39, 0.29) is 0 Å². The topological polar surface area (TPSA) is 69.4 Å². The summed E-state index contributed by atoms with van der Waals surface area (Å²) in [6, 6.07) is 5.82. The molecule has 1 N–H and O–H groups in total. The van der Waals surface area contributed by atoms with E-state index in [0.29, 0.717) is 24.9 Å². The lowest BCUT2D eigenvalue weighted by Crippen LogP contribution is -2.23. The summed E-state index contributed by atoms with van der Waals surface area (Å²) >= 11 is 0. The van der Waals surface area contributed by atoms with Crippen LogP contribution in [0.2, 0.25) is 0 Å². The minimum absolute atomic E-state index is 0.443. The molecule has 0 amide bonds. The monoisotopic (exact) mass is 289 g/mol. The van der Waals surface area contributed by atoms with Crippen LogP contribution in [-0.2, 0) is 10.3 Å². The van der Waals surface area contributed by atoms with E-state index >= 15 is 0 Å². The average Bonchev–Trinajstić information content (AvgIpc) is 2.97. The van der Waals surface area contributed by atoms with Crippen LogP contribution in [0.4, 0.5) is 5.69 Å². The molecule has 21 heavy (non-hydrogen) atoms. The smallest absolute Gasteiger partial charge is 0.261 e. The van der Waals surface area contributed by atoms with Gasteiger partial charge in [0.2, 0.25) is 5.82 Å². The summed E-state index contributed by atoms with van der Waals surface area (Å²) in [5.41, 5.74) is 1.16. The van der Waals surface area contributed by atoms with Crippen molar-refractivity contribution in [2.45, 2.75) is 26.4 Å². The molecule has 0 unspecified atom stereocenters. The van der Waals surface area contributed by atoms with Crippen molar-refractivity contribution in [2.75, 3.05) is 25.1 Å². The largest absolute Gasteiger partial charge is 0.489 e. The fraction of sp³-hybridized carbons (Fsp3) is 0.467. The maximum Gasteiger partial charge on any atom is 0.261 e. The van der Waals surface area contributed by atoms with E-state index in [9.17, 15) is 0 Å². The van der Waals surface area contributed by atoms with Gasteiger partial charge < -0.3 is 19.3 Å². The van der Waals surface area contributed by atoms with Gasteiger partial charge in [-0.15, -0.1) is 0 Å². The number of benzene rings is 1. The van der Waals surface area contributed by atoms with Gasteiger partial charge in [0.25, 0.3) is 5.89 Å². The zero-order valence-electron chi connectivity index (χ0n) is 12.5. The van der Waals surface area contributed by atoms with Crippen molar-refractivity contribution >= 4 is 5.69 Å². The van der Waals surface area contributed by atoms with Crippen LogP contribution >= 0.6 is 0 Å². The molecule has 2 heterocycles. The number of hydrogen-bond acceptors (Lipinski definition) is 6. The van der Waals surface area contributed by atoms with Crippen molar-refractivity contribution in [1.82, 2.24) is 10.1 Å². The normalized spacial score (nSPS) is 14.2. The summed E-state index contributed by atoms with van der Waals surface area (Å²) in [5.74, 6) is 1.73. The maximum atomic E-state index is 5.73. The number of hydrogen-bond donors (Lipinski definition) is 1. The van der Waals surface area contributed by atoms with E-state index in [1.54, 1.807) is 0 Å². The lowest BCUT2D eigenvalue weighted by atomic mass is 10.1. The fourth-order valence-electron chi connectivity index (χ4n) is 2.34. The molecule has 0 spiro atoms. The zero-order valence-corrected chi connectivity index (χ0v) is 12.5. The van der Waals surface area contributed by atoms with Gasteiger partial charge in [-0.1, -0.05) is 11.2 Å². The van der Waals surface area contributed by atoms with E-state index in [4.69, 9.17) is 14.0 Å². The molecule has 0 atom stereocenters. The van der Waals surface area contributed by atoms with Crippen LogP contribution in [-0.4, -0.2) is 29.9 Å². The molecule has 6 nitrogen and oxygen atoms in total. The summed E-state index contributed by atoms with van der Waals surface area (Å²) in [6.45, 7) is 7.78. The summed E-state index contributed by atoms with van der Waals surface area (Å²) in [6.07, 6.45) is 0. The molecule has 6 heteroatoms. The number of aromatic nitrogens is 2. The molecule has 0 fully saturated rings. The van der Waals surface area contributed by atoms with Crippen molar-refractivity contribution in [3.8, 4) is 17.2 Å². The van der Waals surface area contributed by atoms with Gasteiger partial charge in [-0.2, -0.15) is 4.98 Å². The standard InChI is InChI=1S/C15H19N3O3/c1-4-20-15(2,3)14-17-13(21-18-14)10-6-5-7-11-12(10)19-9-8-16-11/h5-7,16H,4,8-9H2,1-3H3. The van der Waals surface area contributed by atoms with E-state index < -0.39 is 5.60 Å². The molecule has 0 bridgehead atoms. The number of para-hydroxylation sites is 1. The van der Waals surface area contributed by atoms with Gasteiger partial charge in [0.15, 0.2) is 5.75 Å². The van der Waals surface area contributed by atoms with Gasteiger partial charge in [0.1, 0.15) is 12.2 Å². The minimum Gasteiger partial charge on any atom is -0.489 e. The minimum atomic E-state index is -0.579. The number of fused-ring (bicyclic) bond motifs is 1. The number of rotatable bonds is 4. The molecular weight excluding hydrogens is 270 g/mol. The highest BCUT2D eigenvalue weighted by molar-refractivity contribution is 5.74. The van der Waals surface area contributed by atoms with Crippen molar-refractivity contribution in [3.05, 3.63) is 24.0 Å². The van der Waals surface area contributed by atoms with Crippen molar-refractivity contribution in [2.24, 2.45) is 0 Å². The molecular formula is C15H19N3O3. The highest BCUT2D eigenvalue weighted by atomic mass is 16.5. The molecule has 1 aliphatic heterocycles. The van der Waals surface area contributed by atoms with Gasteiger partial charge in [-0.3, -0.25) is 0 Å². The molecule has 0 saturated heterocycles. The van der Waals surface area contributed by atoms with Crippen molar-refractivity contribution in [3.63, 3.8) is 0 Å². The molecule has 2 aromatic rings. The Kier molecular flexibility index (Phi) is 3.55. The van der Waals surface area contributed by atoms with Gasteiger partial charge in [0, 0.05) is 13.2 Å². The first-order valence-electron chi connectivity index (χ1n) is 7.10. The second-order valence-corrected chi connectivity index (χ2v) is 5.32. The van der Waals surface area contributed by atoms with Crippen LogP contribution in [0.25, 0.3) is 11.5 Å². The summed E-state index contributed by atoms with van der Waals surface area (Å²) in [7, 11) is 0. The lowest BCUT2D eigenvalue weighted by molar-refractivity contribution is -0.0221. The predicted molar refractivity (Wildman–Crippen MR) is 78.4 cm³/mol. The molecule has 0 saturated carbocycles. The third-order valence-corrected chi connectivity index (χ3v) is 3.38. The molecule has 0 radical (unpaired) electrons. The number of anilines is 1. The number of ether oxygens (including phenoxy) is 2. The van der Waals surface area contributed by atoms with Crippen molar-refractivity contribution in [1.29, 1.82) is 0 Å². The first-order valence-corrected chi connectivity index (χ1v) is 7.10. The van der Waals surface area contributed by atoms with Crippen molar-refractivity contribution < 1.29 is 14.0 Å².